The van der Waals surface area contributed by atoms with E-state index in [2.05, 4.69) is 47.6 Å². The Morgan fingerprint density at radius 3 is 2.46 bits per heavy atom. The van der Waals surface area contributed by atoms with Gasteiger partial charge in [-0.2, -0.15) is 0 Å². The van der Waals surface area contributed by atoms with Gasteiger partial charge in [0.15, 0.2) is 6.29 Å². The summed E-state index contributed by atoms with van der Waals surface area (Å²) in [6.45, 7) is 15.0. The van der Waals surface area contributed by atoms with Gasteiger partial charge in [0.05, 0.1) is 12.7 Å². The average Bonchev–Trinajstić information content (AvgIpc) is 3.26. The zero-order valence-corrected chi connectivity index (χ0v) is 25.6. The maximum Gasteiger partial charge on any atom is 0.186 e. The topological polar surface area (TPSA) is 79.2 Å². The minimum Gasteiger partial charge on any atom is -0.388 e. The molecule has 0 aromatic carbocycles. The Bertz CT molecular complexity index is 872. The van der Waals surface area contributed by atoms with Crippen molar-refractivity contribution in [3.63, 3.8) is 0 Å². The third-order valence-electron chi connectivity index (χ3n) is 13.1. The van der Waals surface area contributed by atoms with Crippen LogP contribution in [0.5, 0.6) is 0 Å². The van der Waals surface area contributed by atoms with Crippen molar-refractivity contribution in [1.29, 1.82) is 0 Å². The summed E-state index contributed by atoms with van der Waals surface area (Å²) in [5, 5.41) is 30.2. The van der Waals surface area contributed by atoms with E-state index in [-0.39, 0.29) is 18.1 Å². The number of fused-ring (bicyclic) bond motifs is 5. The van der Waals surface area contributed by atoms with Crippen LogP contribution < -0.4 is 0 Å². The lowest BCUT2D eigenvalue weighted by molar-refractivity contribution is -0.284. The smallest absolute Gasteiger partial charge is 0.186 e. The Hall–Kier alpha value is -0.460. The van der Waals surface area contributed by atoms with Crippen LogP contribution in [-0.4, -0.2) is 52.6 Å². The van der Waals surface area contributed by atoms with Crippen LogP contribution >= 0.6 is 0 Å². The molecule has 0 bridgehead atoms. The minimum absolute atomic E-state index is 0.00351. The van der Waals surface area contributed by atoms with Crippen LogP contribution in [0.1, 0.15) is 112 Å². The monoisotopic (exact) mass is 546 g/mol. The second kappa shape index (κ2) is 11.7. The number of hydrogen-bond donors (Lipinski definition) is 3. The molecule has 1 heterocycles. The van der Waals surface area contributed by atoms with E-state index in [1.54, 1.807) is 5.57 Å². The first-order valence-electron chi connectivity index (χ1n) is 16.5. The zero-order valence-electron chi connectivity index (χ0n) is 25.6. The first kappa shape index (κ1) is 30.0. The molecule has 5 heteroatoms. The highest BCUT2D eigenvalue weighted by atomic mass is 16.7. The Kier molecular flexibility index (Phi) is 8.98. The van der Waals surface area contributed by atoms with E-state index in [1.165, 1.54) is 51.4 Å². The molecule has 3 saturated carbocycles. The molecular formula is C34H58O5. The summed E-state index contributed by atoms with van der Waals surface area (Å²) in [7, 11) is 0. The van der Waals surface area contributed by atoms with Gasteiger partial charge in [-0.1, -0.05) is 66.0 Å². The number of aliphatic hydroxyl groups excluding tert-OH is 3. The Morgan fingerprint density at radius 1 is 0.974 bits per heavy atom. The lowest BCUT2D eigenvalue weighted by Gasteiger charge is -2.58. The molecule has 4 fully saturated rings. The van der Waals surface area contributed by atoms with Gasteiger partial charge in [0.25, 0.3) is 0 Å². The highest BCUT2D eigenvalue weighted by Gasteiger charge is 2.59. The van der Waals surface area contributed by atoms with Gasteiger partial charge in [-0.25, -0.2) is 0 Å². The SMILES string of the molecule is CC[C@H](CC[C@@H](C)[C@@H]1CC[C@@H]2[C@H]3CC=C4C[C@@H](O[C@H]5OC[C@H](O)[C@@H](O)[C@@H]5O)CC[C@]4(C)[C@H]3CC[C@@]21C)C(C)C. The number of allylic oxidation sites excluding steroid dienone is 1. The quantitative estimate of drug-likeness (QED) is 0.303. The van der Waals surface area contributed by atoms with Crippen molar-refractivity contribution in [2.75, 3.05) is 6.61 Å². The molecule has 0 spiro atoms. The molecule has 1 saturated heterocycles. The molecule has 0 aromatic rings. The summed E-state index contributed by atoms with van der Waals surface area (Å²) < 4.78 is 11.8. The summed E-state index contributed by atoms with van der Waals surface area (Å²) in [5.41, 5.74) is 2.31. The molecule has 224 valence electrons. The van der Waals surface area contributed by atoms with Gasteiger partial charge in [-0.05, 0) is 110 Å². The van der Waals surface area contributed by atoms with Crippen molar-refractivity contribution in [3.8, 4) is 0 Å². The van der Waals surface area contributed by atoms with E-state index in [9.17, 15) is 15.3 Å². The van der Waals surface area contributed by atoms with Gasteiger partial charge in [0, 0.05) is 0 Å². The van der Waals surface area contributed by atoms with E-state index in [0.717, 1.165) is 60.7 Å². The van der Waals surface area contributed by atoms with Crippen molar-refractivity contribution in [1.82, 2.24) is 0 Å². The van der Waals surface area contributed by atoms with Crippen LogP contribution in [0.25, 0.3) is 0 Å². The summed E-state index contributed by atoms with van der Waals surface area (Å²) in [6, 6.07) is 0. The number of ether oxygens (including phenoxy) is 2. The highest BCUT2D eigenvalue weighted by Crippen LogP contribution is 2.67. The molecular weight excluding hydrogens is 488 g/mol. The maximum absolute atomic E-state index is 10.4. The van der Waals surface area contributed by atoms with Crippen LogP contribution in [0.15, 0.2) is 11.6 Å². The maximum atomic E-state index is 10.4. The molecule has 0 unspecified atom stereocenters. The van der Waals surface area contributed by atoms with Crippen LogP contribution in [0, 0.1) is 52.3 Å². The second-order valence-corrected chi connectivity index (χ2v) is 15.2. The summed E-state index contributed by atoms with van der Waals surface area (Å²) in [4.78, 5) is 0. The highest BCUT2D eigenvalue weighted by molar-refractivity contribution is 5.25. The van der Waals surface area contributed by atoms with Gasteiger partial charge in [0.1, 0.15) is 18.3 Å². The van der Waals surface area contributed by atoms with Crippen LogP contribution in [0.4, 0.5) is 0 Å². The summed E-state index contributed by atoms with van der Waals surface area (Å²) >= 11 is 0. The molecule has 0 aromatic heterocycles. The van der Waals surface area contributed by atoms with E-state index >= 15 is 0 Å². The number of rotatable bonds is 8. The lowest BCUT2D eigenvalue weighted by Crippen LogP contribution is -2.55. The lowest BCUT2D eigenvalue weighted by atomic mass is 9.47. The van der Waals surface area contributed by atoms with Crippen LogP contribution in [0.3, 0.4) is 0 Å². The molecule has 5 rings (SSSR count). The third kappa shape index (κ3) is 5.42. The summed E-state index contributed by atoms with van der Waals surface area (Å²) in [5.74, 6) is 5.83. The van der Waals surface area contributed by atoms with E-state index in [1.807, 2.05) is 0 Å². The predicted molar refractivity (Wildman–Crippen MR) is 155 cm³/mol. The van der Waals surface area contributed by atoms with E-state index < -0.39 is 24.6 Å². The average molecular weight is 547 g/mol. The molecule has 39 heavy (non-hydrogen) atoms. The Labute approximate surface area is 238 Å². The Morgan fingerprint density at radius 2 is 1.74 bits per heavy atom. The van der Waals surface area contributed by atoms with Crippen molar-refractivity contribution in [2.45, 2.75) is 143 Å². The van der Waals surface area contributed by atoms with Crippen molar-refractivity contribution < 1.29 is 24.8 Å². The fraction of sp³-hybridized carbons (Fsp3) is 0.941. The molecule has 1 aliphatic heterocycles. The Balaban J connectivity index is 1.23. The molecule has 0 amide bonds. The van der Waals surface area contributed by atoms with Gasteiger partial charge >= 0.3 is 0 Å². The molecule has 4 aliphatic carbocycles. The normalized spacial score (nSPS) is 47.6. The molecule has 13 atom stereocenters. The van der Waals surface area contributed by atoms with Gasteiger partial charge in [-0.15, -0.1) is 0 Å². The van der Waals surface area contributed by atoms with E-state index in [0.29, 0.717) is 5.41 Å². The summed E-state index contributed by atoms with van der Waals surface area (Å²) in [6.07, 6.45) is 12.1. The van der Waals surface area contributed by atoms with Crippen LogP contribution in [0.2, 0.25) is 0 Å². The first-order chi connectivity index (χ1) is 18.5. The van der Waals surface area contributed by atoms with Crippen molar-refractivity contribution >= 4 is 0 Å². The molecule has 5 aliphatic rings. The van der Waals surface area contributed by atoms with Crippen LogP contribution in [-0.2, 0) is 9.47 Å². The minimum atomic E-state index is -1.22. The van der Waals surface area contributed by atoms with Crippen molar-refractivity contribution in [3.05, 3.63) is 11.6 Å². The van der Waals surface area contributed by atoms with E-state index in [4.69, 9.17) is 9.47 Å². The number of aliphatic hydroxyl groups is 3. The predicted octanol–water partition coefficient (Wildman–Crippen LogP) is 6.49. The molecule has 5 nitrogen and oxygen atoms in total. The molecule has 0 radical (unpaired) electrons. The van der Waals surface area contributed by atoms with Gasteiger partial charge in [0.2, 0.25) is 0 Å². The molecule has 3 N–H and O–H groups in total. The zero-order chi connectivity index (χ0) is 28.1. The van der Waals surface area contributed by atoms with Gasteiger partial charge < -0.3 is 24.8 Å². The fourth-order valence-electron chi connectivity index (χ4n) is 10.5. The third-order valence-corrected chi connectivity index (χ3v) is 13.1. The standard InChI is InChI=1S/C34H58O5/c1-7-22(20(2)3)9-8-21(4)26-12-13-27-25-11-10-23-18-24(39-32-31(37)30(36)29(35)19-38-32)14-16-33(23,5)28(25)15-17-34(26,27)6/h10,20-22,24-32,35-37H,7-9,11-19H2,1-6H3/t21-,22-,24+,25-,26+,27-,28+,29+,30-,31+,32-,33+,34-/m1/s1. The van der Waals surface area contributed by atoms with Crippen molar-refractivity contribution in [2.24, 2.45) is 52.3 Å². The fourth-order valence-corrected chi connectivity index (χ4v) is 10.5. The largest absolute Gasteiger partial charge is 0.388 e. The first-order valence-corrected chi connectivity index (χ1v) is 16.5. The number of hydrogen-bond acceptors (Lipinski definition) is 5. The van der Waals surface area contributed by atoms with Gasteiger partial charge in [-0.3, -0.25) is 0 Å². The second-order valence-electron chi connectivity index (χ2n) is 15.2.